The molecule has 3 aliphatic rings. The molecular formula is C13H24N2OS. The molecule has 0 aliphatic carbocycles. The summed E-state index contributed by atoms with van der Waals surface area (Å²) in [6.07, 6.45) is 5.06. The molecule has 0 amide bonds. The molecule has 3 aliphatic heterocycles. The Morgan fingerprint density at radius 2 is 2.29 bits per heavy atom. The second-order valence-corrected chi connectivity index (χ2v) is 6.90. The van der Waals surface area contributed by atoms with Gasteiger partial charge in [-0.1, -0.05) is 0 Å². The molecule has 1 spiro atoms. The van der Waals surface area contributed by atoms with Crippen LogP contribution < -0.4 is 5.32 Å². The second kappa shape index (κ2) is 5.08. The molecule has 0 radical (unpaired) electrons. The van der Waals surface area contributed by atoms with Crippen molar-refractivity contribution in [2.75, 3.05) is 38.2 Å². The molecule has 0 aromatic heterocycles. The molecule has 3 atom stereocenters. The summed E-state index contributed by atoms with van der Waals surface area (Å²) >= 11 is 2.07. The summed E-state index contributed by atoms with van der Waals surface area (Å²) in [5, 5.41) is 3.48. The SMILES string of the molecule is CN(C1CCNC1)C1CCOC2(CCSC2)C1. The average molecular weight is 256 g/mol. The van der Waals surface area contributed by atoms with Gasteiger partial charge in [-0.25, -0.2) is 0 Å². The Morgan fingerprint density at radius 3 is 3.00 bits per heavy atom. The number of likely N-dealkylation sites (N-methyl/N-ethyl adjacent to an activating group) is 1. The lowest BCUT2D eigenvalue weighted by Gasteiger charge is -2.43. The van der Waals surface area contributed by atoms with Crippen molar-refractivity contribution < 1.29 is 4.74 Å². The summed E-state index contributed by atoms with van der Waals surface area (Å²) in [6.45, 7) is 3.34. The van der Waals surface area contributed by atoms with Gasteiger partial charge in [0.1, 0.15) is 0 Å². The van der Waals surface area contributed by atoms with E-state index in [0.29, 0.717) is 0 Å². The molecule has 1 N–H and O–H groups in total. The van der Waals surface area contributed by atoms with Crippen molar-refractivity contribution in [3.63, 3.8) is 0 Å². The zero-order valence-electron chi connectivity index (χ0n) is 10.8. The van der Waals surface area contributed by atoms with Crippen LogP contribution >= 0.6 is 11.8 Å². The number of nitrogens with one attached hydrogen (secondary N) is 1. The van der Waals surface area contributed by atoms with Gasteiger partial charge in [0.15, 0.2) is 0 Å². The quantitative estimate of drug-likeness (QED) is 0.806. The van der Waals surface area contributed by atoms with E-state index in [-0.39, 0.29) is 5.60 Å². The van der Waals surface area contributed by atoms with Crippen LogP contribution in [0, 0.1) is 0 Å². The van der Waals surface area contributed by atoms with Crippen molar-refractivity contribution in [1.82, 2.24) is 10.2 Å². The maximum absolute atomic E-state index is 6.11. The molecule has 0 aromatic carbocycles. The van der Waals surface area contributed by atoms with Crippen molar-refractivity contribution in [3.05, 3.63) is 0 Å². The van der Waals surface area contributed by atoms with Crippen LogP contribution in [0.5, 0.6) is 0 Å². The third-order valence-corrected chi connectivity index (χ3v) is 5.94. The Bertz CT molecular complexity index is 262. The van der Waals surface area contributed by atoms with E-state index in [1.807, 2.05) is 0 Å². The fraction of sp³-hybridized carbons (Fsp3) is 1.00. The van der Waals surface area contributed by atoms with Gasteiger partial charge in [0.25, 0.3) is 0 Å². The topological polar surface area (TPSA) is 24.5 Å². The van der Waals surface area contributed by atoms with Crippen LogP contribution in [0.15, 0.2) is 0 Å². The number of rotatable bonds is 2. The molecule has 98 valence electrons. The van der Waals surface area contributed by atoms with E-state index in [9.17, 15) is 0 Å². The van der Waals surface area contributed by atoms with Gasteiger partial charge in [-0.05, 0) is 45.0 Å². The Labute approximate surface area is 109 Å². The Kier molecular flexibility index (Phi) is 3.67. The minimum Gasteiger partial charge on any atom is -0.374 e. The number of hydrogen-bond acceptors (Lipinski definition) is 4. The van der Waals surface area contributed by atoms with Gasteiger partial charge in [0.05, 0.1) is 5.60 Å². The van der Waals surface area contributed by atoms with Crippen molar-refractivity contribution >= 4 is 11.8 Å². The maximum Gasteiger partial charge on any atom is 0.0795 e. The number of hydrogen-bond donors (Lipinski definition) is 1. The Hall–Kier alpha value is 0.230. The van der Waals surface area contributed by atoms with Gasteiger partial charge in [0, 0.05) is 31.0 Å². The minimum absolute atomic E-state index is 0.230. The molecule has 0 saturated carbocycles. The van der Waals surface area contributed by atoms with E-state index < -0.39 is 0 Å². The van der Waals surface area contributed by atoms with Crippen LogP contribution in [0.2, 0.25) is 0 Å². The third kappa shape index (κ3) is 2.50. The van der Waals surface area contributed by atoms with E-state index in [4.69, 9.17) is 4.74 Å². The normalized spacial score (nSPS) is 42.7. The van der Waals surface area contributed by atoms with Crippen molar-refractivity contribution in [2.24, 2.45) is 0 Å². The Balaban J connectivity index is 1.62. The van der Waals surface area contributed by atoms with Crippen molar-refractivity contribution in [3.8, 4) is 0 Å². The lowest BCUT2D eigenvalue weighted by molar-refractivity contribution is -0.0903. The molecule has 17 heavy (non-hydrogen) atoms. The molecule has 0 bridgehead atoms. The zero-order chi connectivity index (χ0) is 11.7. The van der Waals surface area contributed by atoms with E-state index in [2.05, 4.69) is 29.0 Å². The second-order valence-electron chi connectivity index (χ2n) is 5.79. The summed E-state index contributed by atoms with van der Waals surface area (Å²) in [6, 6.07) is 1.50. The highest BCUT2D eigenvalue weighted by molar-refractivity contribution is 7.99. The molecular weight excluding hydrogens is 232 g/mol. The fourth-order valence-corrected chi connectivity index (χ4v) is 4.88. The van der Waals surface area contributed by atoms with E-state index in [0.717, 1.165) is 18.7 Å². The zero-order valence-corrected chi connectivity index (χ0v) is 11.6. The first-order valence-corrected chi connectivity index (χ1v) is 8.09. The highest BCUT2D eigenvalue weighted by atomic mass is 32.2. The summed E-state index contributed by atoms with van der Waals surface area (Å²) in [4.78, 5) is 2.63. The van der Waals surface area contributed by atoms with Gasteiger partial charge in [0.2, 0.25) is 0 Å². The van der Waals surface area contributed by atoms with Gasteiger partial charge in [-0.2, -0.15) is 11.8 Å². The molecule has 3 saturated heterocycles. The number of nitrogens with zero attached hydrogens (tertiary/aromatic N) is 1. The number of thioether (sulfide) groups is 1. The summed E-state index contributed by atoms with van der Waals surface area (Å²) in [5.41, 5.74) is 0.230. The smallest absolute Gasteiger partial charge is 0.0795 e. The molecule has 3 nitrogen and oxygen atoms in total. The first-order chi connectivity index (χ1) is 8.29. The molecule has 3 heterocycles. The molecule has 0 aromatic rings. The average Bonchev–Trinajstić information content (AvgIpc) is 3.00. The van der Waals surface area contributed by atoms with E-state index in [1.54, 1.807) is 0 Å². The predicted octanol–water partition coefficient (Wildman–Crippen LogP) is 1.33. The van der Waals surface area contributed by atoms with Crippen LogP contribution in [0.3, 0.4) is 0 Å². The van der Waals surface area contributed by atoms with Crippen LogP contribution in [-0.2, 0) is 4.74 Å². The Morgan fingerprint density at radius 1 is 1.35 bits per heavy atom. The third-order valence-electron chi connectivity index (χ3n) is 4.72. The lowest BCUT2D eigenvalue weighted by Crippen LogP contribution is -2.51. The molecule has 3 rings (SSSR count). The lowest BCUT2D eigenvalue weighted by atomic mass is 9.88. The highest BCUT2D eigenvalue weighted by Gasteiger charge is 2.42. The summed E-state index contributed by atoms with van der Waals surface area (Å²) < 4.78 is 6.11. The van der Waals surface area contributed by atoms with Gasteiger partial charge in [-0.15, -0.1) is 0 Å². The standard InChI is InChI=1S/C13H24N2OS/c1-15(12-2-5-14-9-12)11-3-6-16-13(8-11)4-7-17-10-13/h11-12,14H,2-10H2,1H3. The van der Waals surface area contributed by atoms with Gasteiger partial charge in [-0.3, -0.25) is 4.90 Å². The van der Waals surface area contributed by atoms with Gasteiger partial charge >= 0.3 is 0 Å². The van der Waals surface area contributed by atoms with Crippen molar-refractivity contribution in [2.45, 2.75) is 43.4 Å². The summed E-state index contributed by atoms with van der Waals surface area (Å²) in [5.74, 6) is 2.52. The van der Waals surface area contributed by atoms with Crippen LogP contribution in [0.1, 0.15) is 25.7 Å². The molecule has 3 fully saturated rings. The summed E-state index contributed by atoms with van der Waals surface area (Å²) in [7, 11) is 2.32. The largest absolute Gasteiger partial charge is 0.374 e. The molecule has 3 unspecified atom stereocenters. The minimum atomic E-state index is 0.230. The maximum atomic E-state index is 6.11. The predicted molar refractivity (Wildman–Crippen MR) is 72.7 cm³/mol. The number of ether oxygens (including phenoxy) is 1. The van der Waals surface area contributed by atoms with Gasteiger partial charge < -0.3 is 10.1 Å². The van der Waals surface area contributed by atoms with E-state index in [1.165, 1.54) is 50.3 Å². The van der Waals surface area contributed by atoms with Crippen LogP contribution in [0.4, 0.5) is 0 Å². The fourth-order valence-electron chi connectivity index (χ4n) is 3.50. The first kappa shape index (κ1) is 12.3. The highest BCUT2D eigenvalue weighted by Crippen LogP contribution is 2.39. The first-order valence-electron chi connectivity index (χ1n) is 6.93. The van der Waals surface area contributed by atoms with Crippen molar-refractivity contribution in [1.29, 1.82) is 0 Å². The van der Waals surface area contributed by atoms with Crippen LogP contribution in [-0.4, -0.2) is 60.8 Å². The van der Waals surface area contributed by atoms with E-state index >= 15 is 0 Å². The monoisotopic (exact) mass is 256 g/mol. The van der Waals surface area contributed by atoms with Crippen LogP contribution in [0.25, 0.3) is 0 Å². The molecule has 4 heteroatoms.